The Hall–Kier alpha value is -1.68. The van der Waals surface area contributed by atoms with Crippen molar-refractivity contribution in [2.75, 3.05) is 0 Å². The summed E-state index contributed by atoms with van der Waals surface area (Å²) in [5.74, 6) is 1.41. The molecule has 0 fully saturated rings. The lowest BCUT2D eigenvalue weighted by Gasteiger charge is -2.25. The predicted octanol–water partition coefficient (Wildman–Crippen LogP) is 2.81. The van der Waals surface area contributed by atoms with Gasteiger partial charge in [-0.2, -0.15) is 0 Å². The van der Waals surface area contributed by atoms with Gasteiger partial charge in [-0.3, -0.25) is 0 Å². The number of aliphatic hydroxyl groups excluding tert-OH is 1. The van der Waals surface area contributed by atoms with Crippen LogP contribution in [0.2, 0.25) is 0 Å². The highest BCUT2D eigenvalue weighted by molar-refractivity contribution is 5.61. The molecule has 4 heteroatoms. The summed E-state index contributed by atoms with van der Waals surface area (Å²) in [6, 6.07) is 6.27. The smallest absolute Gasteiger partial charge is 0.164 e. The molecule has 0 unspecified atom stereocenters. The molecule has 0 spiro atoms. The highest BCUT2D eigenvalue weighted by Crippen LogP contribution is 2.28. The van der Waals surface area contributed by atoms with Gasteiger partial charge in [0, 0.05) is 11.1 Å². The van der Waals surface area contributed by atoms with Crippen LogP contribution in [0.5, 0.6) is 0 Å². The second-order valence-electron chi connectivity index (χ2n) is 5.92. The Morgan fingerprint density at radius 3 is 2.37 bits per heavy atom. The molecule has 2 aromatic rings. The van der Waals surface area contributed by atoms with Crippen LogP contribution in [0.15, 0.2) is 18.2 Å². The fourth-order valence-electron chi connectivity index (χ4n) is 2.36. The summed E-state index contributed by atoms with van der Waals surface area (Å²) in [4.78, 5) is 0. The molecule has 0 aliphatic carbocycles. The maximum Gasteiger partial charge on any atom is 0.164 e. The van der Waals surface area contributed by atoms with E-state index in [0.717, 1.165) is 11.4 Å². The van der Waals surface area contributed by atoms with Crippen LogP contribution in [-0.2, 0) is 12.1 Å². The molecule has 1 aromatic carbocycles. The van der Waals surface area contributed by atoms with Crippen molar-refractivity contribution in [3.05, 3.63) is 35.2 Å². The van der Waals surface area contributed by atoms with E-state index < -0.39 is 0 Å². The van der Waals surface area contributed by atoms with Crippen molar-refractivity contribution in [3.63, 3.8) is 0 Å². The summed E-state index contributed by atoms with van der Waals surface area (Å²) >= 11 is 0. The lowest BCUT2D eigenvalue weighted by molar-refractivity contribution is 0.250. The van der Waals surface area contributed by atoms with Gasteiger partial charge >= 0.3 is 0 Å². The second-order valence-corrected chi connectivity index (χ2v) is 5.92. The van der Waals surface area contributed by atoms with E-state index >= 15 is 0 Å². The van der Waals surface area contributed by atoms with Crippen LogP contribution in [-0.4, -0.2) is 19.9 Å². The Morgan fingerprint density at radius 2 is 1.84 bits per heavy atom. The molecule has 0 bridgehead atoms. The Balaban J connectivity index is 2.66. The fraction of sp³-hybridized carbons (Fsp3) is 0.467. The van der Waals surface area contributed by atoms with Crippen LogP contribution in [0.1, 0.15) is 37.7 Å². The number of aryl methyl sites for hydroxylation is 2. The van der Waals surface area contributed by atoms with E-state index in [2.05, 4.69) is 63.0 Å². The van der Waals surface area contributed by atoms with Crippen LogP contribution in [0.4, 0.5) is 0 Å². The highest BCUT2D eigenvalue weighted by Gasteiger charge is 2.24. The number of benzene rings is 1. The van der Waals surface area contributed by atoms with Crippen LogP contribution < -0.4 is 0 Å². The monoisotopic (exact) mass is 259 g/mol. The largest absolute Gasteiger partial charge is 0.388 e. The number of nitrogens with zero attached hydrogens (tertiary/aromatic N) is 3. The van der Waals surface area contributed by atoms with E-state index in [0.29, 0.717) is 5.82 Å². The van der Waals surface area contributed by atoms with Gasteiger partial charge in [0.25, 0.3) is 0 Å². The third-order valence-corrected chi connectivity index (χ3v) is 3.17. The molecule has 4 nitrogen and oxygen atoms in total. The van der Waals surface area contributed by atoms with Crippen molar-refractivity contribution in [1.29, 1.82) is 0 Å². The average Bonchev–Trinajstić information content (AvgIpc) is 2.72. The van der Waals surface area contributed by atoms with Gasteiger partial charge in [0.15, 0.2) is 11.6 Å². The Bertz CT molecular complexity index is 594. The van der Waals surface area contributed by atoms with E-state index in [1.54, 1.807) is 0 Å². The zero-order valence-corrected chi connectivity index (χ0v) is 12.2. The average molecular weight is 259 g/mol. The number of aromatic nitrogens is 3. The van der Waals surface area contributed by atoms with Gasteiger partial charge in [-0.05, 0) is 40.2 Å². The first-order valence-corrected chi connectivity index (χ1v) is 6.48. The molecule has 1 heterocycles. The maximum absolute atomic E-state index is 9.43. The number of rotatable bonds is 2. The Labute approximate surface area is 114 Å². The third kappa shape index (κ3) is 2.54. The number of hydrogen-bond donors (Lipinski definition) is 1. The van der Waals surface area contributed by atoms with Gasteiger partial charge in [-0.15, -0.1) is 10.2 Å². The number of hydrogen-bond acceptors (Lipinski definition) is 3. The predicted molar refractivity (Wildman–Crippen MR) is 75.9 cm³/mol. The molecule has 0 amide bonds. The summed E-state index contributed by atoms with van der Waals surface area (Å²) in [6.07, 6.45) is 0. The zero-order valence-electron chi connectivity index (χ0n) is 12.2. The van der Waals surface area contributed by atoms with Crippen LogP contribution in [0, 0.1) is 13.8 Å². The molecule has 0 atom stereocenters. The standard InChI is InChI=1S/C15H21N3O/c1-10-6-7-12(11(2)8-10)14-17-16-13(9-19)18(14)15(3,4)5/h6-8,19H,9H2,1-5H3. The molecule has 0 aliphatic rings. The molecule has 0 saturated heterocycles. The molecule has 102 valence electrons. The minimum atomic E-state index is -0.172. The van der Waals surface area contributed by atoms with E-state index in [-0.39, 0.29) is 12.1 Å². The minimum absolute atomic E-state index is 0.102. The fourth-order valence-corrected chi connectivity index (χ4v) is 2.36. The molecule has 0 radical (unpaired) electrons. The summed E-state index contributed by atoms with van der Waals surface area (Å²) in [5, 5.41) is 17.8. The van der Waals surface area contributed by atoms with Gasteiger partial charge in [0.05, 0.1) is 0 Å². The molecule has 19 heavy (non-hydrogen) atoms. The van der Waals surface area contributed by atoms with Crippen LogP contribution in [0.3, 0.4) is 0 Å². The van der Waals surface area contributed by atoms with Gasteiger partial charge in [-0.25, -0.2) is 0 Å². The van der Waals surface area contributed by atoms with Gasteiger partial charge < -0.3 is 9.67 Å². The van der Waals surface area contributed by atoms with Crippen LogP contribution >= 0.6 is 0 Å². The first-order valence-electron chi connectivity index (χ1n) is 6.48. The maximum atomic E-state index is 9.43. The lowest BCUT2D eigenvalue weighted by Crippen LogP contribution is -2.25. The first kappa shape index (κ1) is 13.7. The SMILES string of the molecule is Cc1ccc(-c2nnc(CO)n2C(C)(C)C)c(C)c1. The third-order valence-electron chi connectivity index (χ3n) is 3.17. The summed E-state index contributed by atoms with van der Waals surface area (Å²) in [7, 11) is 0. The molecule has 1 aromatic heterocycles. The lowest BCUT2D eigenvalue weighted by atomic mass is 10.0. The molecule has 2 rings (SSSR count). The van der Waals surface area contributed by atoms with Crippen molar-refractivity contribution >= 4 is 0 Å². The van der Waals surface area contributed by atoms with E-state index in [4.69, 9.17) is 0 Å². The summed E-state index contributed by atoms with van der Waals surface area (Å²) < 4.78 is 2.00. The van der Waals surface area contributed by atoms with E-state index in [9.17, 15) is 5.11 Å². The van der Waals surface area contributed by atoms with Gasteiger partial charge in [0.2, 0.25) is 0 Å². The summed E-state index contributed by atoms with van der Waals surface area (Å²) in [5.41, 5.74) is 3.29. The van der Waals surface area contributed by atoms with Crippen molar-refractivity contribution in [1.82, 2.24) is 14.8 Å². The van der Waals surface area contributed by atoms with Crippen molar-refractivity contribution < 1.29 is 5.11 Å². The minimum Gasteiger partial charge on any atom is -0.388 e. The summed E-state index contributed by atoms with van der Waals surface area (Å²) in [6.45, 7) is 10.3. The highest BCUT2D eigenvalue weighted by atomic mass is 16.3. The van der Waals surface area contributed by atoms with Gasteiger partial charge in [-0.1, -0.05) is 23.8 Å². The van der Waals surface area contributed by atoms with Crippen molar-refractivity contribution in [3.8, 4) is 11.4 Å². The van der Waals surface area contributed by atoms with Gasteiger partial charge in [0.1, 0.15) is 6.61 Å². The molecule has 0 aliphatic heterocycles. The normalized spacial score (nSPS) is 11.9. The topological polar surface area (TPSA) is 50.9 Å². The number of aliphatic hydroxyl groups is 1. The van der Waals surface area contributed by atoms with E-state index in [1.807, 2.05) is 4.57 Å². The Morgan fingerprint density at radius 1 is 1.16 bits per heavy atom. The molecular weight excluding hydrogens is 238 g/mol. The first-order chi connectivity index (χ1) is 8.84. The Kier molecular flexibility index (Phi) is 3.45. The second kappa shape index (κ2) is 4.78. The molecular formula is C15H21N3O. The molecule has 0 saturated carbocycles. The quantitative estimate of drug-likeness (QED) is 0.902. The van der Waals surface area contributed by atoms with Crippen molar-refractivity contribution in [2.45, 2.75) is 46.8 Å². The van der Waals surface area contributed by atoms with Crippen LogP contribution in [0.25, 0.3) is 11.4 Å². The molecule has 1 N–H and O–H groups in total. The van der Waals surface area contributed by atoms with Crippen molar-refractivity contribution in [2.24, 2.45) is 0 Å². The zero-order chi connectivity index (χ0) is 14.2. The van der Waals surface area contributed by atoms with E-state index in [1.165, 1.54) is 11.1 Å².